The van der Waals surface area contributed by atoms with Gasteiger partial charge in [0, 0.05) is 15.4 Å². The molecule has 0 bridgehead atoms. The molecule has 15 heavy (non-hydrogen) atoms. The molecule has 0 aliphatic rings. The minimum Gasteiger partial charge on any atom is -0.466 e. The van der Waals surface area contributed by atoms with Crippen LogP contribution in [-0.2, 0) is 16.0 Å². The number of carbonyl (C=O) groups excluding carboxylic acids is 1. The highest BCUT2D eigenvalue weighted by Gasteiger charge is 2.05. The van der Waals surface area contributed by atoms with Crippen LogP contribution in [0.15, 0.2) is 27.1 Å². The number of benzene rings is 1. The zero-order valence-corrected chi connectivity index (χ0v) is 11.6. The second-order valence-corrected chi connectivity index (χ2v) is 4.81. The van der Waals surface area contributed by atoms with Gasteiger partial charge in [0.25, 0.3) is 0 Å². The van der Waals surface area contributed by atoms with Gasteiger partial charge in [-0.05, 0) is 37.1 Å². The average molecular weight is 336 g/mol. The summed E-state index contributed by atoms with van der Waals surface area (Å²) < 4.78 is 6.91. The van der Waals surface area contributed by atoms with E-state index in [2.05, 4.69) is 31.9 Å². The molecule has 0 unspecified atom stereocenters. The lowest BCUT2D eigenvalue weighted by Gasteiger charge is -2.05. The number of esters is 1. The number of hydrogen-bond donors (Lipinski definition) is 0. The first-order valence-corrected chi connectivity index (χ1v) is 6.31. The third-order valence-corrected chi connectivity index (χ3v) is 3.18. The molecule has 0 amide bonds. The Hall–Kier alpha value is -0.350. The SMILES string of the molecule is CCOC(=O)CCc1cc(Br)ccc1Br. The van der Waals surface area contributed by atoms with Crippen LogP contribution in [0.3, 0.4) is 0 Å². The fourth-order valence-corrected chi connectivity index (χ4v) is 2.06. The third-order valence-electron chi connectivity index (χ3n) is 1.91. The molecule has 0 radical (unpaired) electrons. The number of carbonyl (C=O) groups is 1. The van der Waals surface area contributed by atoms with E-state index in [4.69, 9.17) is 4.74 Å². The first kappa shape index (κ1) is 12.7. The summed E-state index contributed by atoms with van der Waals surface area (Å²) in [6.45, 7) is 2.26. The largest absolute Gasteiger partial charge is 0.466 e. The summed E-state index contributed by atoms with van der Waals surface area (Å²) in [6, 6.07) is 5.92. The fourth-order valence-electron chi connectivity index (χ4n) is 1.20. The van der Waals surface area contributed by atoms with Gasteiger partial charge in [-0.2, -0.15) is 0 Å². The van der Waals surface area contributed by atoms with Crippen LogP contribution in [0.5, 0.6) is 0 Å². The van der Waals surface area contributed by atoms with Crippen LogP contribution in [0.25, 0.3) is 0 Å². The fraction of sp³-hybridized carbons (Fsp3) is 0.364. The Balaban J connectivity index is 2.57. The van der Waals surface area contributed by atoms with Crippen molar-refractivity contribution in [2.24, 2.45) is 0 Å². The van der Waals surface area contributed by atoms with Gasteiger partial charge < -0.3 is 4.74 Å². The summed E-state index contributed by atoms with van der Waals surface area (Å²) in [7, 11) is 0. The first-order valence-electron chi connectivity index (χ1n) is 4.73. The van der Waals surface area contributed by atoms with E-state index in [0.29, 0.717) is 19.4 Å². The van der Waals surface area contributed by atoms with Crippen molar-refractivity contribution in [3.05, 3.63) is 32.7 Å². The predicted octanol–water partition coefficient (Wildman–Crippen LogP) is 3.71. The molecule has 1 rings (SSSR count). The molecule has 82 valence electrons. The third kappa shape index (κ3) is 4.34. The Morgan fingerprint density at radius 3 is 2.80 bits per heavy atom. The summed E-state index contributed by atoms with van der Waals surface area (Å²) in [5, 5.41) is 0. The molecule has 1 aromatic rings. The zero-order chi connectivity index (χ0) is 11.3. The zero-order valence-electron chi connectivity index (χ0n) is 8.43. The molecule has 0 saturated carbocycles. The van der Waals surface area contributed by atoms with Crippen LogP contribution in [-0.4, -0.2) is 12.6 Å². The quantitative estimate of drug-likeness (QED) is 0.784. The number of rotatable bonds is 4. The Labute approximate surface area is 106 Å². The molecule has 2 nitrogen and oxygen atoms in total. The lowest BCUT2D eigenvalue weighted by Crippen LogP contribution is -2.05. The topological polar surface area (TPSA) is 26.3 Å². The molecule has 0 aliphatic heterocycles. The Kier molecular flexibility index (Phi) is 5.32. The van der Waals surface area contributed by atoms with E-state index in [1.54, 1.807) is 0 Å². The number of halogens is 2. The van der Waals surface area contributed by atoms with E-state index in [0.717, 1.165) is 14.5 Å². The van der Waals surface area contributed by atoms with Crippen molar-refractivity contribution in [1.82, 2.24) is 0 Å². The maximum absolute atomic E-state index is 11.2. The van der Waals surface area contributed by atoms with Gasteiger partial charge in [-0.15, -0.1) is 0 Å². The maximum Gasteiger partial charge on any atom is 0.306 e. The molecular formula is C11H12Br2O2. The van der Waals surface area contributed by atoms with Crippen molar-refractivity contribution >= 4 is 37.8 Å². The Bertz CT molecular complexity index is 350. The summed E-state index contributed by atoms with van der Waals surface area (Å²) in [6.07, 6.45) is 1.11. The van der Waals surface area contributed by atoms with Crippen LogP contribution >= 0.6 is 31.9 Å². The minimum atomic E-state index is -0.149. The van der Waals surface area contributed by atoms with Gasteiger partial charge in [-0.1, -0.05) is 31.9 Å². The smallest absolute Gasteiger partial charge is 0.306 e. The molecule has 1 aromatic carbocycles. The van der Waals surface area contributed by atoms with Crippen molar-refractivity contribution in [3.8, 4) is 0 Å². The van der Waals surface area contributed by atoms with Crippen molar-refractivity contribution < 1.29 is 9.53 Å². The monoisotopic (exact) mass is 334 g/mol. The van der Waals surface area contributed by atoms with Crippen LogP contribution < -0.4 is 0 Å². The van der Waals surface area contributed by atoms with E-state index in [1.807, 2.05) is 25.1 Å². The molecule has 0 aliphatic carbocycles. The Morgan fingerprint density at radius 1 is 1.40 bits per heavy atom. The van der Waals surface area contributed by atoms with E-state index < -0.39 is 0 Å². The molecule has 0 fully saturated rings. The molecular weight excluding hydrogens is 324 g/mol. The van der Waals surface area contributed by atoms with Crippen LogP contribution in [0.4, 0.5) is 0 Å². The van der Waals surface area contributed by atoms with Gasteiger partial charge in [0.2, 0.25) is 0 Å². The highest BCUT2D eigenvalue weighted by atomic mass is 79.9. The van der Waals surface area contributed by atoms with Gasteiger partial charge in [-0.25, -0.2) is 0 Å². The summed E-state index contributed by atoms with van der Waals surface area (Å²) in [5.74, 6) is -0.149. The van der Waals surface area contributed by atoms with Crippen LogP contribution in [0, 0.1) is 0 Å². The molecule has 0 heterocycles. The lowest BCUT2D eigenvalue weighted by atomic mass is 10.1. The van der Waals surface area contributed by atoms with Gasteiger partial charge in [0.1, 0.15) is 0 Å². The maximum atomic E-state index is 11.2. The first-order chi connectivity index (χ1) is 7.13. The summed E-state index contributed by atoms with van der Waals surface area (Å²) in [5.41, 5.74) is 1.11. The highest BCUT2D eigenvalue weighted by Crippen LogP contribution is 2.22. The van der Waals surface area contributed by atoms with Crippen molar-refractivity contribution in [2.45, 2.75) is 19.8 Å². The van der Waals surface area contributed by atoms with E-state index in [1.165, 1.54) is 0 Å². The van der Waals surface area contributed by atoms with Gasteiger partial charge in [-0.3, -0.25) is 4.79 Å². The number of hydrogen-bond acceptors (Lipinski definition) is 2. The lowest BCUT2D eigenvalue weighted by molar-refractivity contribution is -0.143. The second-order valence-electron chi connectivity index (χ2n) is 3.04. The van der Waals surface area contributed by atoms with Crippen molar-refractivity contribution in [2.75, 3.05) is 6.61 Å². The van der Waals surface area contributed by atoms with Crippen LogP contribution in [0.2, 0.25) is 0 Å². The number of ether oxygens (including phenoxy) is 1. The summed E-state index contributed by atoms with van der Waals surface area (Å²) >= 11 is 6.84. The normalized spacial score (nSPS) is 10.1. The van der Waals surface area contributed by atoms with E-state index in [9.17, 15) is 4.79 Å². The van der Waals surface area contributed by atoms with Gasteiger partial charge >= 0.3 is 5.97 Å². The summed E-state index contributed by atoms with van der Waals surface area (Å²) in [4.78, 5) is 11.2. The van der Waals surface area contributed by atoms with Crippen molar-refractivity contribution in [1.29, 1.82) is 0 Å². The second kappa shape index (κ2) is 6.28. The molecule has 0 atom stereocenters. The van der Waals surface area contributed by atoms with Crippen molar-refractivity contribution in [3.63, 3.8) is 0 Å². The molecule has 0 aromatic heterocycles. The van der Waals surface area contributed by atoms with Gasteiger partial charge in [0.05, 0.1) is 6.61 Å². The average Bonchev–Trinajstić information content (AvgIpc) is 2.20. The molecule has 4 heteroatoms. The van der Waals surface area contributed by atoms with E-state index in [-0.39, 0.29) is 5.97 Å². The van der Waals surface area contributed by atoms with Crippen LogP contribution in [0.1, 0.15) is 18.9 Å². The van der Waals surface area contributed by atoms with E-state index >= 15 is 0 Å². The molecule has 0 spiro atoms. The number of aryl methyl sites for hydroxylation is 1. The molecule has 0 saturated heterocycles. The minimum absolute atomic E-state index is 0.149. The highest BCUT2D eigenvalue weighted by molar-refractivity contribution is 9.11. The van der Waals surface area contributed by atoms with Gasteiger partial charge in [0.15, 0.2) is 0 Å². The predicted molar refractivity (Wildman–Crippen MR) is 66.8 cm³/mol. The standard InChI is InChI=1S/C11H12Br2O2/c1-2-15-11(14)6-3-8-7-9(12)4-5-10(8)13/h4-5,7H,2-3,6H2,1H3. The molecule has 0 N–H and O–H groups in total. The Morgan fingerprint density at radius 2 is 2.13 bits per heavy atom.